The minimum atomic E-state index is -0.714. The highest BCUT2D eigenvalue weighted by Crippen LogP contribution is 2.33. The molecule has 0 unspecified atom stereocenters. The SMILES string of the molecule is C[C@@H](Oc1ccc(-c2nnco2)cc1)C(=O)N(C)C1(C#N)CCCCC1. The van der Waals surface area contributed by atoms with E-state index >= 15 is 0 Å². The zero-order valence-corrected chi connectivity index (χ0v) is 15.0. The summed E-state index contributed by atoms with van der Waals surface area (Å²) in [6.45, 7) is 1.71. The van der Waals surface area contributed by atoms with Crippen molar-refractivity contribution < 1.29 is 13.9 Å². The minimum Gasteiger partial charge on any atom is -0.481 e. The summed E-state index contributed by atoms with van der Waals surface area (Å²) < 4.78 is 10.9. The smallest absolute Gasteiger partial charge is 0.264 e. The molecule has 1 heterocycles. The third-order valence-corrected chi connectivity index (χ3v) is 4.98. The molecule has 26 heavy (non-hydrogen) atoms. The van der Waals surface area contributed by atoms with Crippen LogP contribution in [-0.4, -0.2) is 39.7 Å². The Kier molecular flexibility index (Phi) is 5.21. The Morgan fingerprint density at radius 2 is 2.00 bits per heavy atom. The molecule has 7 heteroatoms. The van der Waals surface area contributed by atoms with E-state index in [0.29, 0.717) is 11.6 Å². The highest BCUT2D eigenvalue weighted by atomic mass is 16.5. The largest absolute Gasteiger partial charge is 0.481 e. The third kappa shape index (κ3) is 3.54. The zero-order chi connectivity index (χ0) is 18.6. The Hall–Kier alpha value is -2.88. The molecule has 3 rings (SSSR count). The molecule has 1 aromatic carbocycles. The zero-order valence-electron chi connectivity index (χ0n) is 15.0. The van der Waals surface area contributed by atoms with Crippen LogP contribution >= 0.6 is 0 Å². The Morgan fingerprint density at radius 3 is 2.58 bits per heavy atom. The number of nitriles is 1. The predicted molar refractivity (Wildman–Crippen MR) is 94.0 cm³/mol. The lowest BCUT2D eigenvalue weighted by atomic mass is 9.81. The molecule has 2 aromatic rings. The molecule has 1 aromatic heterocycles. The van der Waals surface area contributed by atoms with Crippen molar-refractivity contribution in [2.24, 2.45) is 0 Å². The summed E-state index contributed by atoms with van der Waals surface area (Å²) in [7, 11) is 1.70. The number of hydrogen-bond donors (Lipinski definition) is 0. The van der Waals surface area contributed by atoms with Crippen molar-refractivity contribution in [2.75, 3.05) is 7.05 Å². The molecule has 0 spiro atoms. The summed E-state index contributed by atoms with van der Waals surface area (Å²) in [6, 6.07) is 9.46. The van der Waals surface area contributed by atoms with E-state index in [1.807, 2.05) is 0 Å². The van der Waals surface area contributed by atoms with Crippen LogP contribution in [0.5, 0.6) is 5.75 Å². The molecular formula is C19H22N4O3. The average molecular weight is 354 g/mol. The number of carbonyl (C=O) groups excluding carboxylic acids is 1. The van der Waals surface area contributed by atoms with Crippen LogP contribution in [0.4, 0.5) is 0 Å². The van der Waals surface area contributed by atoms with Gasteiger partial charge in [0.1, 0.15) is 11.3 Å². The second-order valence-electron chi connectivity index (χ2n) is 6.63. The lowest BCUT2D eigenvalue weighted by Gasteiger charge is -2.40. The molecule has 1 fully saturated rings. The lowest BCUT2D eigenvalue weighted by Crippen LogP contribution is -2.53. The molecule has 0 N–H and O–H groups in total. The highest BCUT2D eigenvalue weighted by Gasteiger charge is 2.40. The maximum Gasteiger partial charge on any atom is 0.264 e. The van der Waals surface area contributed by atoms with E-state index in [0.717, 1.165) is 37.7 Å². The first-order valence-electron chi connectivity index (χ1n) is 8.78. The molecular weight excluding hydrogens is 332 g/mol. The summed E-state index contributed by atoms with van der Waals surface area (Å²) in [5.74, 6) is 0.806. The Morgan fingerprint density at radius 1 is 1.31 bits per heavy atom. The summed E-state index contributed by atoms with van der Waals surface area (Å²) >= 11 is 0. The van der Waals surface area contributed by atoms with Crippen LogP contribution < -0.4 is 4.74 Å². The molecule has 136 valence electrons. The molecule has 0 saturated heterocycles. The molecule has 1 amide bonds. The van der Waals surface area contributed by atoms with E-state index in [9.17, 15) is 10.1 Å². The van der Waals surface area contributed by atoms with Crippen LogP contribution in [0.3, 0.4) is 0 Å². The fraction of sp³-hybridized carbons (Fsp3) is 0.474. The number of rotatable bonds is 5. The monoisotopic (exact) mass is 354 g/mol. The number of nitrogens with zero attached hydrogens (tertiary/aromatic N) is 4. The molecule has 0 radical (unpaired) electrons. The highest BCUT2D eigenvalue weighted by molar-refractivity contribution is 5.82. The van der Waals surface area contributed by atoms with Crippen LogP contribution in [0.2, 0.25) is 0 Å². The molecule has 1 saturated carbocycles. The third-order valence-electron chi connectivity index (χ3n) is 4.98. The van der Waals surface area contributed by atoms with E-state index in [2.05, 4.69) is 16.3 Å². The number of amides is 1. The van der Waals surface area contributed by atoms with E-state index in [1.165, 1.54) is 6.39 Å². The van der Waals surface area contributed by atoms with Crippen LogP contribution in [0, 0.1) is 11.3 Å². The van der Waals surface area contributed by atoms with Crippen LogP contribution in [-0.2, 0) is 4.79 Å². The van der Waals surface area contributed by atoms with Gasteiger partial charge in [0.2, 0.25) is 12.3 Å². The van der Waals surface area contributed by atoms with Crippen LogP contribution in [0.1, 0.15) is 39.0 Å². The fourth-order valence-corrected chi connectivity index (χ4v) is 3.37. The van der Waals surface area contributed by atoms with Crippen molar-refractivity contribution in [1.29, 1.82) is 5.26 Å². The minimum absolute atomic E-state index is 0.186. The van der Waals surface area contributed by atoms with Crippen molar-refractivity contribution in [2.45, 2.75) is 50.7 Å². The predicted octanol–water partition coefficient (Wildman–Crippen LogP) is 3.19. The van der Waals surface area contributed by atoms with Crippen molar-refractivity contribution in [3.05, 3.63) is 30.7 Å². The molecule has 0 bridgehead atoms. The van der Waals surface area contributed by atoms with Crippen molar-refractivity contribution in [3.8, 4) is 23.3 Å². The second-order valence-corrected chi connectivity index (χ2v) is 6.63. The Balaban J connectivity index is 1.66. The summed E-state index contributed by atoms with van der Waals surface area (Å²) in [5, 5.41) is 17.1. The quantitative estimate of drug-likeness (QED) is 0.819. The number of hydrogen-bond acceptors (Lipinski definition) is 6. The van der Waals surface area contributed by atoms with Crippen LogP contribution in [0.15, 0.2) is 35.1 Å². The normalized spacial score (nSPS) is 17.1. The lowest BCUT2D eigenvalue weighted by molar-refractivity contribution is -0.141. The van der Waals surface area contributed by atoms with Crippen molar-refractivity contribution >= 4 is 5.91 Å². The van der Waals surface area contributed by atoms with Gasteiger partial charge in [0, 0.05) is 12.6 Å². The van der Waals surface area contributed by atoms with E-state index in [-0.39, 0.29) is 5.91 Å². The standard InChI is InChI=1S/C19H22N4O3/c1-14(18(24)23(2)19(12-20)10-4-3-5-11-19)26-16-8-6-15(7-9-16)17-22-21-13-25-17/h6-9,13-14H,3-5,10-11H2,1-2H3/t14-/m1/s1. The van der Waals surface area contributed by atoms with E-state index < -0.39 is 11.6 Å². The van der Waals surface area contributed by atoms with Crippen molar-refractivity contribution in [3.63, 3.8) is 0 Å². The van der Waals surface area contributed by atoms with E-state index in [4.69, 9.17) is 9.15 Å². The maximum absolute atomic E-state index is 12.8. The first kappa shape index (κ1) is 17.9. The molecule has 1 atom stereocenters. The maximum atomic E-state index is 12.8. The van der Waals surface area contributed by atoms with Gasteiger partial charge in [-0.2, -0.15) is 5.26 Å². The Labute approximate surface area is 152 Å². The summed E-state index contributed by atoms with van der Waals surface area (Å²) in [6.07, 6.45) is 5.08. The van der Waals surface area contributed by atoms with Crippen molar-refractivity contribution in [1.82, 2.24) is 15.1 Å². The number of benzene rings is 1. The van der Waals surface area contributed by atoms with Gasteiger partial charge in [-0.05, 0) is 44.0 Å². The Bertz CT molecular complexity index is 774. The fourth-order valence-electron chi connectivity index (χ4n) is 3.37. The molecule has 0 aliphatic heterocycles. The number of aromatic nitrogens is 2. The molecule has 1 aliphatic rings. The first-order valence-corrected chi connectivity index (χ1v) is 8.78. The number of carbonyl (C=O) groups is 1. The van der Waals surface area contributed by atoms with Gasteiger partial charge in [-0.3, -0.25) is 4.79 Å². The number of likely N-dealkylation sites (N-methyl/N-ethyl adjacent to an activating group) is 1. The van der Waals surface area contributed by atoms with Gasteiger partial charge in [0.25, 0.3) is 5.91 Å². The summed E-state index contributed by atoms with van der Waals surface area (Å²) in [4.78, 5) is 14.4. The molecule has 1 aliphatic carbocycles. The van der Waals surface area contributed by atoms with Gasteiger partial charge in [0.05, 0.1) is 6.07 Å². The average Bonchev–Trinajstić information content (AvgIpc) is 3.22. The van der Waals surface area contributed by atoms with Gasteiger partial charge in [-0.15, -0.1) is 10.2 Å². The van der Waals surface area contributed by atoms with Gasteiger partial charge in [-0.1, -0.05) is 19.3 Å². The van der Waals surface area contributed by atoms with Gasteiger partial charge < -0.3 is 14.1 Å². The summed E-state index contributed by atoms with van der Waals surface area (Å²) in [5.41, 5.74) is 0.0611. The second kappa shape index (κ2) is 7.56. The van der Waals surface area contributed by atoms with Gasteiger partial charge >= 0.3 is 0 Å². The molecule has 7 nitrogen and oxygen atoms in total. The topological polar surface area (TPSA) is 92.2 Å². The number of ether oxygens (including phenoxy) is 1. The van der Waals surface area contributed by atoms with Crippen LogP contribution in [0.25, 0.3) is 11.5 Å². The first-order chi connectivity index (χ1) is 12.6. The van der Waals surface area contributed by atoms with Gasteiger partial charge in [0.15, 0.2) is 6.10 Å². The van der Waals surface area contributed by atoms with Gasteiger partial charge in [-0.25, -0.2) is 0 Å². The van der Waals surface area contributed by atoms with E-state index in [1.54, 1.807) is 43.1 Å².